The Morgan fingerprint density at radius 1 is 1.13 bits per heavy atom. The van der Waals surface area contributed by atoms with Crippen molar-refractivity contribution in [1.82, 2.24) is 9.88 Å². The predicted octanol–water partition coefficient (Wildman–Crippen LogP) is 4.19. The number of nitrogens with zero attached hydrogens (tertiary/aromatic N) is 4. The SMILES string of the molecule is CCO/N=C/c1ccc(OCC[C@@H](C)CCN2CCN(c3ccncc3)C2=O)cc1. The standard InChI is InChI=1S/C23H30N4O3/c1-3-30-25-18-20-4-6-22(7-5-20)29-17-11-19(2)10-14-26-15-16-27(23(26)28)21-8-12-24-13-9-21/h4-9,12-13,18-19H,3,10-11,14-17H2,1-2H3/b25-18+/t19-/m0/s1. The van der Waals surface area contributed by atoms with Crippen LogP contribution in [0.25, 0.3) is 0 Å². The molecule has 1 aromatic heterocycles. The number of benzene rings is 1. The molecule has 1 aliphatic heterocycles. The number of aromatic nitrogens is 1. The van der Waals surface area contributed by atoms with Crippen LogP contribution in [0.3, 0.4) is 0 Å². The van der Waals surface area contributed by atoms with Crippen LogP contribution in [0.15, 0.2) is 53.9 Å². The molecule has 7 heteroatoms. The van der Waals surface area contributed by atoms with Crippen molar-refractivity contribution < 1.29 is 14.4 Å². The molecule has 1 fully saturated rings. The molecule has 1 aromatic carbocycles. The van der Waals surface area contributed by atoms with Crippen LogP contribution in [0.4, 0.5) is 10.5 Å². The molecule has 3 rings (SSSR count). The van der Waals surface area contributed by atoms with Gasteiger partial charge in [-0.3, -0.25) is 9.88 Å². The van der Waals surface area contributed by atoms with Gasteiger partial charge in [-0.15, -0.1) is 0 Å². The summed E-state index contributed by atoms with van der Waals surface area (Å²) in [5.41, 5.74) is 1.88. The molecule has 0 unspecified atom stereocenters. The Hall–Kier alpha value is -3.09. The molecule has 2 aromatic rings. The normalized spacial score (nSPS) is 15.1. The van der Waals surface area contributed by atoms with Crippen LogP contribution in [0.2, 0.25) is 0 Å². The molecule has 1 aliphatic rings. The first kappa shape index (κ1) is 21.6. The number of amides is 2. The summed E-state index contributed by atoms with van der Waals surface area (Å²) in [4.78, 5) is 25.3. The van der Waals surface area contributed by atoms with Gasteiger partial charge in [-0.1, -0.05) is 12.1 Å². The molecular formula is C23H30N4O3. The molecule has 0 spiro atoms. The topological polar surface area (TPSA) is 67.3 Å². The largest absolute Gasteiger partial charge is 0.494 e. The van der Waals surface area contributed by atoms with E-state index in [1.54, 1.807) is 18.6 Å². The van der Waals surface area contributed by atoms with E-state index >= 15 is 0 Å². The molecule has 0 N–H and O–H groups in total. The Bertz CT molecular complexity index is 811. The van der Waals surface area contributed by atoms with E-state index in [0.717, 1.165) is 49.5 Å². The third-order valence-corrected chi connectivity index (χ3v) is 5.13. The summed E-state index contributed by atoms with van der Waals surface area (Å²) in [6.45, 7) is 7.59. The van der Waals surface area contributed by atoms with E-state index in [9.17, 15) is 4.79 Å². The minimum absolute atomic E-state index is 0.0811. The monoisotopic (exact) mass is 410 g/mol. The number of oxime groups is 1. The molecule has 160 valence electrons. The number of carbonyl (C=O) groups excluding carboxylic acids is 1. The number of anilines is 1. The molecule has 0 bridgehead atoms. The smallest absolute Gasteiger partial charge is 0.324 e. The van der Waals surface area contributed by atoms with E-state index in [-0.39, 0.29) is 6.03 Å². The van der Waals surface area contributed by atoms with Crippen LogP contribution in [-0.4, -0.2) is 55.0 Å². The first-order valence-corrected chi connectivity index (χ1v) is 10.5. The number of pyridine rings is 1. The van der Waals surface area contributed by atoms with Crippen LogP contribution >= 0.6 is 0 Å². The zero-order valence-corrected chi connectivity index (χ0v) is 17.7. The second-order valence-corrected chi connectivity index (χ2v) is 7.38. The lowest BCUT2D eigenvalue weighted by molar-refractivity contribution is 0.160. The van der Waals surface area contributed by atoms with Gasteiger partial charge in [-0.2, -0.15) is 0 Å². The van der Waals surface area contributed by atoms with E-state index in [1.165, 1.54) is 0 Å². The molecule has 0 aliphatic carbocycles. The number of rotatable bonds is 11. The van der Waals surface area contributed by atoms with Crippen molar-refractivity contribution in [1.29, 1.82) is 0 Å². The second kappa shape index (κ2) is 11.2. The zero-order chi connectivity index (χ0) is 21.2. The van der Waals surface area contributed by atoms with Gasteiger partial charge in [0.25, 0.3) is 0 Å². The van der Waals surface area contributed by atoms with E-state index in [1.807, 2.05) is 53.1 Å². The quantitative estimate of drug-likeness (QED) is 0.411. The van der Waals surface area contributed by atoms with E-state index in [0.29, 0.717) is 19.1 Å². The Morgan fingerprint density at radius 3 is 2.63 bits per heavy atom. The van der Waals surface area contributed by atoms with Gasteiger partial charge >= 0.3 is 6.03 Å². The Balaban J connectivity index is 1.35. The summed E-state index contributed by atoms with van der Waals surface area (Å²) in [7, 11) is 0. The highest BCUT2D eigenvalue weighted by Crippen LogP contribution is 2.20. The molecule has 0 radical (unpaired) electrons. The molecule has 2 heterocycles. The number of carbonyl (C=O) groups is 1. The molecule has 0 saturated carbocycles. The molecule has 1 saturated heterocycles. The Morgan fingerprint density at radius 2 is 1.90 bits per heavy atom. The third-order valence-electron chi connectivity index (χ3n) is 5.13. The lowest BCUT2D eigenvalue weighted by Gasteiger charge is -2.20. The van der Waals surface area contributed by atoms with Crippen LogP contribution in [0.5, 0.6) is 5.75 Å². The van der Waals surface area contributed by atoms with Crippen molar-refractivity contribution in [2.75, 3.05) is 37.7 Å². The van der Waals surface area contributed by atoms with Gasteiger partial charge in [0.05, 0.1) is 12.8 Å². The summed E-state index contributed by atoms with van der Waals surface area (Å²) in [6, 6.07) is 11.6. The van der Waals surface area contributed by atoms with Gasteiger partial charge < -0.3 is 14.5 Å². The average Bonchev–Trinajstić information content (AvgIpc) is 3.14. The summed E-state index contributed by atoms with van der Waals surface area (Å²) >= 11 is 0. The summed E-state index contributed by atoms with van der Waals surface area (Å²) in [6.07, 6.45) is 7.03. The maximum absolute atomic E-state index is 12.6. The third kappa shape index (κ3) is 6.20. The number of urea groups is 1. The minimum atomic E-state index is 0.0811. The lowest BCUT2D eigenvalue weighted by atomic mass is 10.0. The Kier molecular flexibility index (Phi) is 8.06. The highest BCUT2D eigenvalue weighted by atomic mass is 16.6. The van der Waals surface area contributed by atoms with Gasteiger partial charge in [-0.05, 0) is 67.6 Å². The van der Waals surface area contributed by atoms with Crippen LogP contribution in [-0.2, 0) is 4.84 Å². The van der Waals surface area contributed by atoms with Gasteiger partial charge in [0.2, 0.25) is 0 Å². The maximum Gasteiger partial charge on any atom is 0.324 e. The fraction of sp³-hybridized carbons (Fsp3) is 0.435. The minimum Gasteiger partial charge on any atom is -0.494 e. The molecule has 2 amide bonds. The zero-order valence-electron chi connectivity index (χ0n) is 17.7. The first-order valence-electron chi connectivity index (χ1n) is 10.5. The van der Waals surface area contributed by atoms with Crippen LogP contribution in [0.1, 0.15) is 32.3 Å². The van der Waals surface area contributed by atoms with E-state index in [4.69, 9.17) is 9.57 Å². The van der Waals surface area contributed by atoms with Crippen molar-refractivity contribution in [2.45, 2.75) is 26.7 Å². The van der Waals surface area contributed by atoms with Crippen molar-refractivity contribution in [3.63, 3.8) is 0 Å². The molecule has 1 atom stereocenters. The van der Waals surface area contributed by atoms with Crippen molar-refractivity contribution in [3.8, 4) is 5.75 Å². The highest BCUT2D eigenvalue weighted by Gasteiger charge is 2.29. The fourth-order valence-electron chi connectivity index (χ4n) is 3.27. The van der Waals surface area contributed by atoms with E-state index in [2.05, 4.69) is 17.1 Å². The van der Waals surface area contributed by atoms with Gasteiger partial charge in [0, 0.05) is 37.7 Å². The van der Waals surface area contributed by atoms with Crippen LogP contribution in [0, 0.1) is 5.92 Å². The molecule has 7 nitrogen and oxygen atoms in total. The first-order chi connectivity index (χ1) is 14.7. The summed E-state index contributed by atoms with van der Waals surface area (Å²) < 4.78 is 5.85. The van der Waals surface area contributed by atoms with Crippen LogP contribution < -0.4 is 9.64 Å². The number of ether oxygens (including phenoxy) is 1. The summed E-state index contributed by atoms with van der Waals surface area (Å²) in [5.74, 6) is 1.32. The summed E-state index contributed by atoms with van der Waals surface area (Å²) in [5, 5.41) is 3.86. The molecular weight excluding hydrogens is 380 g/mol. The number of hydrogen-bond acceptors (Lipinski definition) is 5. The van der Waals surface area contributed by atoms with Crippen molar-refractivity contribution in [2.24, 2.45) is 11.1 Å². The van der Waals surface area contributed by atoms with Crippen molar-refractivity contribution in [3.05, 3.63) is 54.4 Å². The predicted molar refractivity (Wildman–Crippen MR) is 118 cm³/mol. The Labute approximate surface area is 178 Å². The van der Waals surface area contributed by atoms with Gasteiger partial charge in [0.15, 0.2) is 0 Å². The van der Waals surface area contributed by atoms with Gasteiger partial charge in [-0.25, -0.2) is 4.79 Å². The van der Waals surface area contributed by atoms with Crippen molar-refractivity contribution >= 4 is 17.9 Å². The second-order valence-electron chi connectivity index (χ2n) is 7.38. The average molecular weight is 411 g/mol. The maximum atomic E-state index is 12.6. The van der Waals surface area contributed by atoms with Gasteiger partial charge in [0.1, 0.15) is 12.4 Å². The lowest BCUT2D eigenvalue weighted by Crippen LogP contribution is -2.33. The number of hydrogen-bond donors (Lipinski definition) is 0. The molecule has 30 heavy (non-hydrogen) atoms. The fourth-order valence-corrected chi connectivity index (χ4v) is 3.27. The highest BCUT2D eigenvalue weighted by molar-refractivity contribution is 5.94. The van der Waals surface area contributed by atoms with E-state index < -0.39 is 0 Å².